The summed E-state index contributed by atoms with van der Waals surface area (Å²) >= 11 is 0. The SMILES string of the molecule is CC(CCCc1cccnc1)NC(=O)OC(C)(C)C. The van der Waals surface area contributed by atoms with E-state index in [0.717, 1.165) is 19.3 Å². The van der Waals surface area contributed by atoms with Crippen molar-refractivity contribution < 1.29 is 9.53 Å². The molecule has 4 heteroatoms. The van der Waals surface area contributed by atoms with Gasteiger partial charge in [-0.25, -0.2) is 4.79 Å². The second-order valence-electron chi connectivity index (χ2n) is 5.80. The van der Waals surface area contributed by atoms with Gasteiger partial charge in [0.2, 0.25) is 0 Å². The summed E-state index contributed by atoms with van der Waals surface area (Å²) in [5, 5.41) is 2.85. The zero-order valence-electron chi connectivity index (χ0n) is 12.3. The van der Waals surface area contributed by atoms with Crippen molar-refractivity contribution in [3.63, 3.8) is 0 Å². The van der Waals surface area contributed by atoms with Gasteiger partial charge >= 0.3 is 6.09 Å². The van der Waals surface area contributed by atoms with Crippen molar-refractivity contribution in [3.05, 3.63) is 30.1 Å². The number of nitrogens with one attached hydrogen (secondary N) is 1. The molecule has 0 saturated heterocycles. The Hall–Kier alpha value is -1.58. The van der Waals surface area contributed by atoms with Gasteiger partial charge in [0.25, 0.3) is 0 Å². The number of hydrogen-bond donors (Lipinski definition) is 1. The molecule has 0 aliphatic rings. The summed E-state index contributed by atoms with van der Waals surface area (Å²) in [5.41, 5.74) is 0.784. The third kappa shape index (κ3) is 7.44. The molecule has 19 heavy (non-hydrogen) atoms. The van der Waals surface area contributed by atoms with Crippen molar-refractivity contribution in [3.8, 4) is 0 Å². The first-order chi connectivity index (χ1) is 8.87. The normalized spacial score (nSPS) is 12.8. The third-order valence-corrected chi connectivity index (χ3v) is 2.59. The summed E-state index contributed by atoms with van der Waals surface area (Å²) < 4.78 is 5.21. The molecule has 1 rings (SSSR count). The van der Waals surface area contributed by atoms with E-state index >= 15 is 0 Å². The van der Waals surface area contributed by atoms with Gasteiger partial charge in [-0.2, -0.15) is 0 Å². The van der Waals surface area contributed by atoms with E-state index in [2.05, 4.69) is 16.4 Å². The fourth-order valence-corrected chi connectivity index (χ4v) is 1.74. The number of nitrogens with zero attached hydrogens (tertiary/aromatic N) is 1. The van der Waals surface area contributed by atoms with Crippen LogP contribution < -0.4 is 5.32 Å². The van der Waals surface area contributed by atoms with Gasteiger partial charge in [-0.3, -0.25) is 4.98 Å². The van der Waals surface area contributed by atoms with E-state index in [-0.39, 0.29) is 12.1 Å². The van der Waals surface area contributed by atoms with Crippen LogP contribution in [-0.2, 0) is 11.2 Å². The van der Waals surface area contributed by atoms with E-state index in [4.69, 9.17) is 4.74 Å². The van der Waals surface area contributed by atoms with Crippen LogP contribution in [-0.4, -0.2) is 22.7 Å². The minimum absolute atomic E-state index is 0.117. The molecule has 0 bridgehead atoms. The minimum Gasteiger partial charge on any atom is -0.444 e. The van der Waals surface area contributed by atoms with Crippen molar-refractivity contribution in [2.24, 2.45) is 0 Å². The van der Waals surface area contributed by atoms with Gasteiger partial charge in [-0.15, -0.1) is 0 Å². The number of carbonyl (C=O) groups is 1. The Morgan fingerprint density at radius 1 is 1.47 bits per heavy atom. The lowest BCUT2D eigenvalue weighted by molar-refractivity contribution is 0.0506. The number of ether oxygens (including phenoxy) is 1. The average Bonchev–Trinajstić information content (AvgIpc) is 2.27. The zero-order chi connectivity index (χ0) is 14.3. The summed E-state index contributed by atoms with van der Waals surface area (Å²) in [6.45, 7) is 7.58. The maximum atomic E-state index is 11.6. The van der Waals surface area contributed by atoms with E-state index in [1.54, 1.807) is 6.20 Å². The Labute approximate surface area is 115 Å². The number of aryl methyl sites for hydroxylation is 1. The first-order valence-electron chi connectivity index (χ1n) is 6.75. The zero-order valence-corrected chi connectivity index (χ0v) is 12.3. The summed E-state index contributed by atoms with van der Waals surface area (Å²) in [6, 6.07) is 4.13. The molecule has 0 aliphatic heterocycles. The first kappa shape index (κ1) is 15.5. The molecule has 1 amide bonds. The van der Waals surface area contributed by atoms with Crippen LogP contribution in [0, 0.1) is 0 Å². The quantitative estimate of drug-likeness (QED) is 0.887. The van der Waals surface area contributed by atoms with E-state index in [1.165, 1.54) is 5.56 Å². The molecule has 1 heterocycles. The van der Waals surface area contributed by atoms with Crippen molar-refractivity contribution in [1.29, 1.82) is 0 Å². The summed E-state index contributed by atoms with van der Waals surface area (Å²) in [7, 11) is 0. The van der Waals surface area contributed by atoms with E-state index in [1.807, 2.05) is 40.0 Å². The van der Waals surface area contributed by atoms with Gasteiger partial charge in [-0.05, 0) is 58.6 Å². The molecule has 0 radical (unpaired) electrons. The number of rotatable bonds is 5. The monoisotopic (exact) mass is 264 g/mol. The van der Waals surface area contributed by atoms with Gasteiger partial charge in [0.1, 0.15) is 5.60 Å². The highest BCUT2D eigenvalue weighted by atomic mass is 16.6. The molecule has 1 aromatic rings. The number of carbonyl (C=O) groups excluding carboxylic acids is 1. The number of amides is 1. The molecule has 106 valence electrons. The van der Waals surface area contributed by atoms with Crippen molar-refractivity contribution >= 4 is 6.09 Å². The Kier molecular flexibility index (Phi) is 5.80. The lowest BCUT2D eigenvalue weighted by atomic mass is 10.1. The van der Waals surface area contributed by atoms with Crippen LogP contribution in [0.3, 0.4) is 0 Å². The van der Waals surface area contributed by atoms with Crippen molar-refractivity contribution in [2.45, 2.75) is 58.6 Å². The highest BCUT2D eigenvalue weighted by Crippen LogP contribution is 2.08. The first-order valence-corrected chi connectivity index (χ1v) is 6.75. The largest absolute Gasteiger partial charge is 0.444 e. The Morgan fingerprint density at radius 2 is 2.21 bits per heavy atom. The summed E-state index contributed by atoms with van der Waals surface area (Å²) in [6.07, 6.45) is 6.23. The van der Waals surface area contributed by atoms with Crippen LogP contribution in [0.2, 0.25) is 0 Å². The Bertz CT molecular complexity index is 385. The Morgan fingerprint density at radius 3 is 2.79 bits per heavy atom. The molecular formula is C15H24N2O2. The number of alkyl carbamates (subject to hydrolysis) is 1. The highest BCUT2D eigenvalue weighted by molar-refractivity contribution is 5.67. The standard InChI is InChI=1S/C15H24N2O2/c1-12(17-14(18)19-15(2,3)4)7-5-8-13-9-6-10-16-11-13/h6,9-12H,5,7-8H2,1-4H3,(H,17,18). The predicted molar refractivity (Wildman–Crippen MR) is 76.0 cm³/mol. The number of hydrogen-bond acceptors (Lipinski definition) is 3. The van der Waals surface area contributed by atoms with E-state index < -0.39 is 5.60 Å². The topological polar surface area (TPSA) is 51.2 Å². The average molecular weight is 264 g/mol. The van der Waals surface area contributed by atoms with Gasteiger partial charge in [-0.1, -0.05) is 6.07 Å². The number of aromatic nitrogens is 1. The van der Waals surface area contributed by atoms with Gasteiger partial charge in [0.15, 0.2) is 0 Å². The summed E-state index contributed by atoms with van der Waals surface area (Å²) in [4.78, 5) is 15.6. The second kappa shape index (κ2) is 7.12. The smallest absolute Gasteiger partial charge is 0.407 e. The highest BCUT2D eigenvalue weighted by Gasteiger charge is 2.17. The number of pyridine rings is 1. The van der Waals surface area contributed by atoms with E-state index in [0.29, 0.717) is 0 Å². The van der Waals surface area contributed by atoms with Crippen LogP contribution >= 0.6 is 0 Å². The lowest BCUT2D eigenvalue weighted by Crippen LogP contribution is -2.37. The molecule has 0 aliphatic carbocycles. The molecule has 0 spiro atoms. The minimum atomic E-state index is -0.445. The lowest BCUT2D eigenvalue weighted by Gasteiger charge is -2.21. The maximum Gasteiger partial charge on any atom is 0.407 e. The van der Waals surface area contributed by atoms with Gasteiger partial charge in [0.05, 0.1) is 0 Å². The van der Waals surface area contributed by atoms with Gasteiger partial charge < -0.3 is 10.1 Å². The fraction of sp³-hybridized carbons (Fsp3) is 0.600. The molecule has 1 aromatic heterocycles. The Balaban J connectivity index is 2.21. The van der Waals surface area contributed by atoms with E-state index in [9.17, 15) is 4.79 Å². The van der Waals surface area contributed by atoms with Crippen LogP contribution in [0.25, 0.3) is 0 Å². The second-order valence-corrected chi connectivity index (χ2v) is 5.80. The molecular weight excluding hydrogens is 240 g/mol. The van der Waals surface area contributed by atoms with Crippen molar-refractivity contribution in [2.75, 3.05) is 0 Å². The molecule has 0 saturated carbocycles. The van der Waals surface area contributed by atoms with Crippen molar-refractivity contribution in [1.82, 2.24) is 10.3 Å². The molecule has 0 fully saturated rings. The third-order valence-electron chi connectivity index (χ3n) is 2.59. The van der Waals surface area contributed by atoms with Crippen LogP contribution in [0.5, 0.6) is 0 Å². The molecule has 1 N–H and O–H groups in total. The molecule has 1 atom stereocenters. The van der Waals surface area contributed by atoms with Gasteiger partial charge in [0, 0.05) is 18.4 Å². The van der Waals surface area contributed by atoms with Crippen LogP contribution in [0.4, 0.5) is 4.79 Å². The predicted octanol–water partition coefficient (Wildman–Crippen LogP) is 3.32. The molecule has 1 unspecified atom stereocenters. The fourth-order valence-electron chi connectivity index (χ4n) is 1.74. The van der Waals surface area contributed by atoms with Crippen LogP contribution in [0.15, 0.2) is 24.5 Å². The van der Waals surface area contributed by atoms with Crippen LogP contribution in [0.1, 0.15) is 46.1 Å². The molecule has 4 nitrogen and oxygen atoms in total. The maximum absolute atomic E-state index is 11.6. The summed E-state index contributed by atoms with van der Waals surface area (Å²) in [5.74, 6) is 0. The molecule has 0 aromatic carbocycles.